The Morgan fingerprint density at radius 2 is 2.12 bits per heavy atom. The molecule has 2 N–H and O–H groups in total. The molecule has 1 aliphatic carbocycles. The summed E-state index contributed by atoms with van der Waals surface area (Å²) in [6, 6.07) is 1.73. The first-order chi connectivity index (χ1) is 15.3. The Morgan fingerprint density at radius 3 is 2.78 bits per heavy atom. The van der Waals surface area contributed by atoms with Crippen molar-refractivity contribution in [2.24, 2.45) is 5.92 Å². The van der Waals surface area contributed by atoms with Crippen molar-refractivity contribution >= 4 is 23.5 Å². The maximum Gasteiger partial charge on any atom is 0.291 e. The van der Waals surface area contributed by atoms with Crippen molar-refractivity contribution < 1.29 is 14.7 Å². The van der Waals surface area contributed by atoms with Gasteiger partial charge in [-0.05, 0) is 37.7 Å². The number of fused-ring (bicyclic) bond motifs is 1. The van der Waals surface area contributed by atoms with Gasteiger partial charge in [0.05, 0.1) is 12.3 Å². The van der Waals surface area contributed by atoms with E-state index in [1.165, 1.54) is 27.8 Å². The topological polar surface area (TPSA) is 133 Å². The lowest BCUT2D eigenvalue weighted by Gasteiger charge is -2.18. The molecule has 10 nitrogen and oxygen atoms in total. The van der Waals surface area contributed by atoms with E-state index in [0.29, 0.717) is 30.7 Å². The second kappa shape index (κ2) is 8.49. The van der Waals surface area contributed by atoms with E-state index in [0.717, 1.165) is 23.8 Å². The Kier molecular flexibility index (Phi) is 5.74. The summed E-state index contributed by atoms with van der Waals surface area (Å²) in [4.78, 5) is 39.7. The van der Waals surface area contributed by atoms with Crippen LogP contribution in [0.4, 0.5) is 0 Å². The van der Waals surface area contributed by atoms with Crippen molar-refractivity contribution in [2.75, 3.05) is 6.54 Å². The van der Waals surface area contributed by atoms with Crippen LogP contribution in [0.3, 0.4) is 0 Å². The van der Waals surface area contributed by atoms with Gasteiger partial charge in [-0.3, -0.25) is 19.0 Å². The van der Waals surface area contributed by atoms with Gasteiger partial charge in [0.15, 0.2) is 5.56 Å². The van der Waals surface area contributed by atoms with Crippen molar-refractivity contribution in [3.8, 4) is 11.9 Å². The maximum atomic E-state index is 13.0. The monoisotopic (exact) mass is 438 g/mol. The number of carbonyl (C=O) groups excluding carboxylic acids is 2. The fourth-order valence-electron chi connectivity index (χ4n) is 3.97. The molecule has 1 saturated carbocycles. The molecular formula is C22H26N6O4. The van der Waals surface area contributed by atoms with Gasteiger partial charge in [-0.1, -0.05) is 13.8 Å². The highest BCUT2D eigenvalue weighted by Crippen LogP contribution is 2.25. The van der Waals surface area contributed by atoms with Crippen LogP contribution in [0.2, 0.25) is 0 Å². The number of nitriles is 1. The molecule has 1 aliphatic heterocycles. The number of amides is 2. The second-order valence-electron chi connectivity index (χ2n) is 8.74. The molecule has 2 aromatic heterocycles. The number of aromatic nitrogens is 3. The molecule has 32 heavy (non-hydrogen) atoms. The summed E-state index contributed by atoms with van der Waals surface area (Å²) in [5.74, 6) is -1.23. The highest BCUT2D eigenvalue weighted by Gasteiger charge is 2.30. The van der Waals surface area contributed by atoms with E-state index < -0.39 is 23.4 Å². The predicted molar refractivity (Wildman–Crippen MR) is 116 cm³/mol. The first-order valence-corrected chi connectivity index (χ1v) is 10.8. The first kappa shape index (κ1) is 21.6. The SMILES string of the molecule is CC(C)Cn1c(O)c(C(=O)NC2CC2)c(=O)n2ncc(/C=C/C(=O)N3CCC[C@@H]3C#N)c12. The number of hydrogen-bond donors (Lipinski definition) is 2. The lowest BCUT2D eigenvalue weighted by Crippen LogP contribution is -2.34. The molecule has 2 fully saturated rings. The summed E-state index contributed by atoms with van der Waals surface area (Å²) >= 11 is 0. The highest BCUT2D eigenvalue weighted by atomic mass is 16.3. The average molecular weight is 438 g/mol. The van der Waals surface area contributed by atoms with Gasteiger partial charge in [-0.15, -0.1) is 0 Å². The molecule has 10 heteroatoms. The summed E-state index contributed by atoms with van der Waals surface area (Å²) < 4.78 is 2.57. The van der Waals surface area contributed by atoms with Crippen LogP contribution >= 0.6 is 0 Å². The van der Waals surface area contributed by atoms with Crippen molar-refractivity contribution in [1.82, 2.24) is 24.4 Å². The number of likely N-dealkylation sites (tertiary alicyclic amines) is 1. The molecule has 0 unspecified atom stereocenters. The van der Waals surface area contributed by atoms with Gasteiger partial charge in [-0.25, -0.2) is 0 Å². The van der Waals surface area contributed by atoms with E-state index in [-0.39, 0.29) is 23.4 Å². The van der Waals surface area contributed by atoms with Crippen molar-refractivity contribution in [3.63, 3.8) is 0 Å². The Bertz CT molecular complexity index is 1200. The minimum Gasteiger partial charge on any atom is -0.494 e. The van der Waals surface area contributed by atoms with Gasteiger partial charge in [0, 0.05) is 30.8 Å². The summed E-state index contributed by atoms with van der Waals surface area (Å²) in [6.07, 6.45) is 7.43. The normalized spacial score (nSPS) is 18.6. The van der Waals surface area contributed by atoms with Crippen LogP contribution in [0.25, 0.3) is 11.7 Å². The van der Waals surface area contributed by atoms with Gasteiger partial charge in [0.1, 0.15) is 11.7 Å². The molecule has 0 bridgehead atoms. The zero-order valence-electron chi connectivity index (χ0n) is 18.1. The van der Waals surface area contributed by atoms with Crippen LogP contribution in [0.5, 0.6) is 5.88 Å². The standard InChI is InChI=1S/C22H26N6O4/c1-13(2)12-27-20-14(5-8-17(29)26-9-3-4-16(26)10-23)11-24-28(20)22(32)18(21(27)31)19(30)25-15-6-7-15/h5,8,11,13,15-16,31H,3-4,6-7,9,12H2,1-2H3,(H,25,30)/b8-5+/t16-/m1/s1. The zero-order valence-corrected chi connectivity index (χ0v) is 18.1. The molecule has 0 radical (unpaired) electrons. The van der Waals surface area contributed by atoms with Crippen LogP contribution in [0, 0.1) is 17.2 Å². The van der Waals surface area contributed by atoms with Crippen LogP contribution in [-0.2, 0) is 11.3 Å². The predicted octanol–water partition coefficient (Wildman–Crippen LogP) is 1.28. The van der Waals surface area contributed by atoms with E-state index >= 15 is 0 Å². The third-order valence-corrected chi connectivity index (χ3v) is 5.69. The molecule has 3 heterocycles. The zero-order chi connectivity index (χ0) is 23.0. The van der Waals surface area contributed by atoms with Gasteiger partial charge in [-0.2, -0.15) is 14.9 Å². The number of nitrogens with one attached hydrogen (secondary N) is 1. The average Bonchev–Trinajstić information content (AvgIpc) is 3.26. The third kappa shape index (κ3) is 3.98. The van der Waals surface area contributed by atoms with Crippen LogP contribution in [0.15, 0.2) is 17.1 Å². The lowest BCUT2D eigenvalue weighted by molar-refractivity contribution is -0.125. The van der Waals surface area contributed by atoms with E-state index in [2.05, 4.69) is 16.5 Å². The number of rotatable bonds is 6. The smallest absolute Gasteiger partial charge is 0.291 e. The third-order valence-electron chi connectivity index (χ3n) is 5.69. The fourth-order valence-corrected chi connectivity index (χ4v) is 3.97. The Balaban J connectivity index is 1.76. The highest BCUT2D eigenvalue weighted by molar-refractivity contribution is 5.97. The molecule has 1 saturated heterocycles. The molecule has 168 valence electrons. The van der Waals surface area contributed by atoms with Crippen molar-refractivity contribution in [3.05, 3.63) is 33.8 Å². The lowest BCUT2D eigenvalue weighted by atomic mass is 10.2. The van der Waals surface area contributed by atoms with E-state index in [4.69, 9.17) is 0 Å². The number of aromatic hydroxyl groups is 1. The molecule has 1 atom stereocenters. The molecular weight excluding hydrogens is 412 g/mol. The Labute approximate surface area is 184 Å². The summed E-state index contributed by atoms with van der Waals surface area (Å²) in [7, 11) is 0. The van der Waals surface area contributed by atoms with E-state index in [9.17, 15) is 24.8 Å². The van der Waals surface area contributed by atoms with Gasteiger partial charge < -0.3 is 15.3 Å². The minimum absolute atomic E-state index is 0.0282. The van der Waals surface area contributed by atoms with Crippen molar-refractivity contribution in [1.29, 1.82) is 5.26 Å². The minimum atomic E-state index is -0.717. The van der Waals surface area contributed by atoms with Crippen molar-refractivity contribution in [2.45, 2.75) is 58.2 Å². The van der Waals surface area contributed by atoms with Crippen LogP contribution in [-0.4, -0.2) is 54.6 Å². The van der Waals surface area contributed by atoms with Crippen LogP contribution < -0.4 is 10.9 Å². The quantitative estimate of drug-likeness (QED) is 0.653. The van der Waals surface area contributed by atoms with Gasteiger partial charge in [0.2, 0.25) is 11.8 Å². The molecule has 2 aromatic rings. The molecule has 0 spiro atoms. The Morgan fingerprint density at radius 1 is 1.38 bits per heavy atom. The molecule has 2 amide bonds. The maximum absolute atomic E-state index is 13.0. The molecule has 2 aliphatic rings. The fraction of sp³-hybridized carbons (Fsp3) is 0.500. The molecule has 4 rings (SSSR count). The van der Waals surface area contributed by atoms with Gasteiger partial charge >= 0.3 is 0 Å². The second-order valence-corrected chi connectivity index (χ2v) is 8.74. The van der Waals surface area contributed by atoms with E-state index in [1.54, 1.807) is 0 Å². The van der Waals surface area contributed by atoms with E-state index in [1.807, 2.05) is 13.8 Å². The summed E-state index contributed by atoms with van der Waals surface area (Å²) in [5, 5.41) is 27.0. The summed E-state index contributed by atoms with van der Waals surface area (Å²) in [5.41, 5.74) is -0.306. The Hall–Kier alpha value is -3.61. The number of carbonyl (C=O) groups is 2. The summed E-state index contributed by atoms with van der Waals surface area (Å²) in [6.45, 7) is 4.75. The molecule has 0 aromatic carbocycles. The largest absolute Gasteiger partial charge is 0.494 e. The first-order valence-electron chi connectivity index (χ1n) is 10.8. The van der Waals surface area contributed by atoms with Gasteiger partial charge in [0.25, 0.3) is 11.5 Å². The van der Waals surface area contributed by atoms with Crippen LogP contribution in [0.1, 0.15) is 55.5 Å². The number of hydrogen-bond acceptors (Lipinski definition) is 6. The number of nitrogens with zero attached hydrogens (tertiary/aromatic N) is 5.